The molecule has 0 aliphatic heterocycles. The molecule has 1 N–H and O–H groups in total. The van der Waals surface area contributed by atoms with Crippen LogP contribution in [0.1, 0.15) is 37.5 Å². The molecule has 3 aromatic rings. The molecular formula is C29H33Cl2N3O4S. The van der Waals surface area contributed by atoms with Gasteiger partial charge in [0.05, 0.1) is 20.6 Å². The number of nitrogens with one attached hydrogen (secondary N) is 1. The van der Waals surface area contributed by atoms with Crippen LogP contribution in [-0.4, -0.2) is 43.8 Å². The van der Waals surface area contributed by atoms with E-state index in [1.807, 2.05) is 20.8 Å². The monoisotopic (exact) mass is 589 g/mol. The summed E-state index contributed by atoms with van der Waals surface area (Å²) in [4.78, 5) is 28.3. The van der Waals surface area contributed by atoms with Crippen molar-refractivity contribution in [2.45, 2.75) is 58.1 Å². The third kappa shape index (κ3) is 7.53. The molecule has 10 heteroatoms. The van der Waals surface area contributed by atoms with Crippen LogP contribution >= 0.6 is 23.2 Å². The highest BCUT2D eigenvalue weighted by molar-refractivity contribution is 7.92. The Hall–Kier alpha value is -3.07. The molecule has 0 heterocycles. The number of amides is 2. The minimum Gasteiger partial charge on any atom is -0.352 e. The number of sulfonamides is 1. The molecule has 208 valence electrons. The van der Waals surface area contributed by atoms with Gasteiger partial charge in [-0.05, 0) is 76.1 Å². The molecule has 1 unspecified atom stereocenters. The van der Waals surface area contributed by atoms with E-state index in [1.54, 1.807) is 68.4 Å². The van der Waals surface area contributed by atoms with Crippen molar-refractivity contribution < 1.29 is 18.0 Å². The third-order valence-electron chi connectivity index (χ3n) is 6.21. The van der Waals surface area contributed by atoms with E-state index in [2.05, 4.69) is 5.32 Å². The second kappa shape index (κ2) is 12.9. The number of anilines is 1. The molecule has 0 bridgehead atoms. The number of para-hydroxylation sites is 1. The van der Waals surface area contributed by atoms with Crippen molar-refractivity contribution in [2.24, 2.45) is 0 Å². The molecular weight excluding hydrogens is 557 g/mol. The van der Waals surface area contributed by atoms with Crippen molar-refractivity contribution in [2.75, 3.05) is 10.8 Å². The lowest BCUT2D eigenvalue weighted by atomic mass is 10.1. The van der Waals surface area contributed by atoms with Crippen LogP contribution in [0.4, 0.5) is 5.69 Å². The van der Waals surface area contributed by atoms with Crippen LogP contribution in [0.2, 0.25) is 10.0 Å². The highest BCUT2D eigenvalue weighted by Crippen LogP contribution is 2.28. The van der Waals surface area contributed by atoms with Gasteiger partial charge >= 0.3 is 0 Å². The van der Waals surface area contributed by atoms with Crippen molar-refractivity contribution in [1.82, 2.24) is 10.2 Å². The maximum absolute atomic E-state index is 13.9. The lowest BCUT2D eigenvalue weighted by Gasteiger charge is -2.32. The molecule has 0 fully saturated rings. The predicted molar refractivity (Wildman–Crippen MR) is 157 cm³/mol. The van der Waals surface area contributed by atoms with Gasteiger partial charge in [-0.15, -0.1) is 0 Å². The molecule has 3 rings (SSSR count). The Morgan fingerprint density at radius 2 is 1.54 bits per heavy atom. The number of carbonyl (C=O) groups is 2. The highest BCUT2D eigenvalue weighted by Gasteiger charge is 2.33. The molecule has 0 spiro atoms. The first-order valence-electron chi connectivity index (χ1n) is 12.5. The van der Waals surface area contributed by atoms with Crippen LogP contribution in [0.3, 0.4) is 0 Å². The maximum Gasteiger partial charge on any atom is 0.264 e. The van der Waals surface area contributed by atoms with Gasteiger partial charge in [-0.2, -0.15) is 0 Å². The minimum atomic E-state index is -4.13. The second-order valence-electron chi connectivity index (χ2n) is 9.72. The van der Waals surface area contributed by atoms with Crippen molar-refractivity contribution in [1.29, 1.82) is 0 Å². The predicted octanol–water partition coefficient (Wildman–Crippen LogP) is 5.75. The van der Waals surface area contributed by atoms with Crippen molar-refractivity contribution in [3.05, 3.63) is 93.5 Å². The average molecular weight is 591 g/mol. The first kappa shape index (κ1) is 30.5. The van der Waals surface area contributed by atoms with Crippen LogP contribution in [0.25, 0.3) is 0 Å². The van der Waals surface area contributed by atoms with Gasteiger partial charge in [-0.3, -0.25) is 13.9 Å². The van der Waals surface area contributed by atoms with Crippen LogP contribution in [-0.2, 0) is 26.2 Å². The summed E-state index contributed by atoms with van der Waals surface area (Å²) < 4.78 is 28.9. The van der Waals surface area contributed by atoms with E-state index in [-0.39, 0.29) is 23.4 Å². The summed E-state index contributed by atoms with van der Waals surface area (Å²) in [6, 6.07) is 17.3. The Morgan fingerprint density at radius 3 is 2.13 bits per heavy atom. The van der Waals surface area contributed by atoms with Crippen molar-refractivity contribution >= 4 is 50.7 Å². The molecule has 3 aromatic carbocycles. The van der Waals surface area contributed by atoms with Crippen LogP contribution in [0.15, 0.2) is 71.6 Å². The number of rotatable bonds is 10. The molecule has 7 nitrogen and oxygen atoms in total. The van der Waals surface area contributed by atoms with E-state index in [9.17, 15) is 18.0 Å². The molecule has 0 aliphatic rings. The number of nitrogens with zero attached hydrogens (tertiary/aromatic N) is 2. The average Bonchev–Trinajstić information content (AvgIpc) is 2.87. The van der Waals surface area contributed by atoms with Gasteiger partial charge in [0.2, 0.25) is 11.8 Å². The fraction of sp³-hybridized carbons (Fsp3) is 0.310. The molecule has 0 aromatic heterocycles. The van der Waals surface area contributed by atoms with Crippen LogP contribution in [0, 0.1) is 13.8 Å². The van der Waals surface area contributed by atoms with Gasteiger partial charge in [-0.25, -0.2) is 8.42 Å². The standard InChI is InChI=1S/C29H33Cl2N3O4S/c1-19(2)32-29(36)22(5)33(17-23-12-15-25(30)26(31)16-23)28(35)18-34(27-9-7-6-8-21(27)4)39(37,38)24-13-10-20(3)11-14-24/h6-16,19,22H,17-18H2,1-5H3,(H,32,36). The lowest BCUT2D eigenvalue weighted by molar-refractivity contribution is -0.139. The fourth-order valence-electron chi connectivity index (χ4n) is 4.02. The number of halogens is 2. The van der Waals surface area contributed by atoms with Crippen molar-refractivity contribution in [3.63, 3.8) is 0 Å². The lowest BCUT2D eigenvalue weighted by Crippen LogP contribution is -2.52. The maximum atomic E-state index is 13.9. The summed E-state index contributed by atoms with van der Waals surface area (Å²) in [5.74, 6) is -0.909. The largest absolute Gasteiger partial charge is 0.352 e. The number of aryl methyl sites for hydroxylation is 2. The Morgan fingerprint density at radius 1 is 0.897 bits per heavy atom. The molecule has 39 heavy (non-hydrogen) atoms. The van der Waals surface area contributed by atoms with E-state index in [4.69, 9.17) is 23.2 Å². The summed E-state index contributed by atoms with van der Waals surface area (Å²) in [6.45, 7) is 8.41. The van der Waals surface area contributed by atoms with E-state index in [0.717, 1.165) is 9.87 Å². The quantitative estimate of drug-likeness (QED) is 0.326. The third-order valence-corrected chi connectivity index (χ3v) is 8.72. The molecule has 1 atom stereocenters. The van der Waals surface area contributed by atoms with E-state index >= 15 is 0 Å². The van der Waals surface area contributed by atoms with Gasteiger partial charge in [-0.1, -0.05) is 65.2 Å². The van der Waals surface area contributed by atoms with Crippen molar-refractivity contribution in [3.8, 4) is 0 Å². The van der Waals surface area contributed by atoms with E-state index < -0.39 is 28.5 Å². The first-order chi connectivity index (χ1) is 18.3. The topological polar surface area (TPSA) is 86.8 Å². The van der Waals surface area contributed by atoms with Crippen LogP contribution < -0.4 is 9.62 Å². The summed E-state index contributed by atoms with van der Waals surface area (Å²) >= 11 is 12.3. The Labute approximate surface area is 240 Å². The number of hydrogen-bond acceptors (Lipinski definition) is 4. The Kier molecular flexibility index (Phi) is 10.0. The molecule has 2 amide bonds. The summed E-state index contributed by atoms with van der Waals surface area (Å²) in [6.07, 6.45) is 0. The fourth-order valence-corrected chi connectivity index (χ4v) is 5.82. The van der Waals surface area contributed by atoms with Gasteiger partial charge in [0.1, 0.15) is 12.6 Å². The highest BCUT2D eigenvalue weighted by atomic mass is 35.5. The zero-order chi connectivity index (χ0) is 28.9. The number of benzene rings is 3. The zero-order valence-corrected chi connectivity index (χ0v) is 24.9. The summed E-state index contributed by atoms with van der Waals surface area (Å²) in [5.41, 5.74) is 2.61. The Balaban J connectivity index is 2.05. The van der Waals surface area contributed by atoms with Gasteiger partial charge < -0.3 is 10.2 Å². The molecule has 0 aliphatic carbocycles. The Bertz CT molecular complexity index is 1440. The van der Waals surface area contributed by atoms with Gasteiger partial charge in [0, 0.05) is 12.6 Å². The number of hydrogen-bond donors (Lipinski definition) is 1. The van der Waals surface area contributed by atoms with Gasteiger partial charge in [0.15, 0.2) is 0 Å². The van der Waals surface area contributed by atoms with E-state index in [1.165, 1.54) is 17.0 Å². The zero-order valence-electron chi connectivity index (χ0n) is 22.6. The van der Waals surface area contributed by atoms with Gasteiger partial charge in [0.25, 0.3) is 10.0 Å². The van der Waals surface area contributed by atoms with E-state index in [0.29, 0.717) is 26.9 Å². The molecule has 0 saturated heterocycles. The number of carbonyl (C=O) groups excluding carboxylic acids is 2. The normalized spacial score (nSPS) is 12.2. The summed E-state index contributed by atoms with van der Waals surface area (Å²) in [5, 5.41) is 3.50. The molecule has 0 radical (unpaired) electrons. The van der Waals surface area contributed by atoms with Crippen LogP contribution in [0.5, 0.6) is 0 Å². The second-order valence-corrected chi connectivity index (χ2v) is 12.4. The SMILES string of the molecule is Cc1ccc(S(=O)(=O)N(CC(=O)N(Cc2ccc(Cl)c(Cl)c2)C(C)C(=O)NC(C)C)c2ccccc2C)cc1. The minimum absolute atomic E-state index is 0.0224. The smallest absolute Gasteiger partial charge is 0.264 e. The summed E-state index contributed by atoms with van der Waals surface area (Å²) in [7, 11) is -4.13. The molecule has 0 saturated carbocycles. The first-order valence-corrected chi connectivity index (χ1v) is 14.7.